The first-order valence-corrected chi connectivity index (χ1v) is 13.7. The van der Waals surface area contributed by atoms with Crippen molar-refractivity contribution in [3.05, 3.63) is 61.7 Å². The van der Waals surface area contributed by atoms with Gasteiger partial charge in [0.2, 0.25) is 0 Å². The van der Waals surface area contributed by atoms with Crippen molar-refractivity contribution < 1.29 is 20.4 Å². The van der Waals surface area contributed by atoms with Gasteiger partial charge in [-0.2, -0.15) is 0 Å². The van der Waals surface area contributed by atoms with E-state index in [1.165, 1.54) is 0 Å². The van der Waals surface area contributed by atoms with Gasteiger partial charge in [-0.25, -0.2) is 0 Å². The topological polar surface area (TPSA) is 61.8 Å². The number of unbranched alkanes of at least 4 members (excludes halogenated alkanes) is 1. The van der Waals surface area contributed by atoms with Crippen molar-refractivity contribution in [1.82, 2.24) is 0 Å². The summed E-state index contributed by atoms with van der Waals surface area (Å²) in [7, 11) is -3.55. The van der Waals surface area contributed by atoms with Gasteiger partial charge >= 0.3 is 171 Å². The van der Waals surface area contributed by atoms with Crippen LogP contribution in [0.2, 0.25) is 0 Å². The molecule has 2 rings (SSSR count). The molecule has 7 heteroatoms. The zero-order valence-electron chi connectivity index (χ0n) is 15.8. The second-order valence-corrected chi connectivity index (χ2v) is 12.4. The molecule has 0 fully saturated rings. The van der Waals surface area contributed by atoms with Gasteiger partial charge in [0.05, 0.1) is 0 Å². The van der Waals surface area contributed by atoms with Crippen LogP contribution in [0.3, 0.4) is 0 Å². The Morgan fingerprint density at radius 2 is 1.56 bits per heavy atom. The Morgan fingerprint density at radius 3 is 2.19 bits per heavy atom. The summed E-state index contributed by atoms with van der Waals surface area (Å²) in [6.07, 6.45) is 1.42. The van der Waals surface area contributed by atoms with Crippen LogP contribution in [0.1, 0.15) is 26.7 Å². The van der Waals surface area contributed by atoms with Crippen LogP contribution in [0.5, 0.6) is 5.75 Å². The molecule has 5 nitrogen and oxygen atoms in total. The third-order valence-electron chi connectivity index (χ3n) is 3.55. The van der Waals surface area contributed by atoms with Crippen molar-refractivity contribution in [1.29, 1.82) is 0 Å². The summed E-state index contributed by atoms with van der Waals surface area (Å²) in [6.45, 7) is 5.60. The zero-order valence-corrected chi connectivity index (χ0v) is 18.7. The predicted octanol–water partition coefficient (Wildman–Crippen LogP) is 4.71. The Bertz CT molecular complexity index is 763. The molecule has 0 bridgehead atoms. The normalized spacial score (nSPS) is 12.0. The number of hydrogen-bond acceptors (Lipinski definition) is 5. The summed E-state index contributed by atoms with van der Waals surface area (Å²) in [6, 6.07) is 17.1. The van der Waals surface area contributed by atoms with Gasteiger partial charge in [0.25, 0.3) is 0 Å². The first kappa shape index (κ1) is 22.1. The van der Waals surface area contributed by atoms with Gasteiger partial charge in [0.1, 0.15) is 0 Å². The Morgan fingerprint density at radius 1 is 0.889 bits per heavy atom. The molecule has 0 aliphatic heterocycles. The van der Waals surface area contributed by atoms with E-state index in [9.17, 15) is 8.42 Å². The molecule has 150 valence electrons. The van der Waals surface area contributed by atoms with E-state index in [1.807, 2.05) is 68.4 Å². The molecule has 0 atom stereocenters. The van der Waals surface area contributed by atoms with Gasteiger partial charge in [0.15, 0.2) is 0 Å². The first-order chi connectivity index (χ1) is 13.1. The van der Waals surface area contributed by atoms with E-state index in [1.54, 1.807) is 0 Å². The van der Waals surface area contributed by atoms with Crippen LogP contribution in [0.4, 0.5) is 0 Å². The molecule has 0 radical (unpaired) electrons. The molecule has 0 unspecified atom stereocenters. The molecule has 27 heavy (non-hydrogen) atoms. The van der Waals surface area contributed by atoms with Gasteiger partial charge < -0.3 is 0 Å². The molecular weight excluding hydrogens is 479 g/mol. The SMILES string of the molecule is CCCCS(=O)(=O)OI(c1ccccc1)c1ccc(OCCOCC)cc1. The quantitative estimate of drug-likeness (QED) is 0.308. The number of halogens is 1. The number of hydrogen-bond donors (Lipinski definition) is 0. The van der Waals surface area contributed by atoms with Crippen LogP contribution >= 0.6 is 20.2 Å². The van der Waals surface area contributed by atoms with Crippen LogP contribution in [-0.4, -0.2) is 34.0 Å². The summed E-state index contributed by atoms with van der Waals surface area (Å²) in [5.41, 5.74) is 0. The van der Waals surface area contributed by atoms with Gasteiger partial charge in [0, 0.05) is 0 Å². The van der Waals surface area contributed by atoms with Crippen molar-refractivity contribution in [2.75, 3.05) is 25.6 Å². The summed E-state index contributed by atoms with van der Waals surface area (Å²) in [5, 5.41) is 0. The van der Waals surface area contributed by atoms with Crippen molar-refractivity contribution >= 4 is 30.4 Å². The molecule has 0 heterocycles. The Labute approximate surface area is 170 Å². The maximum absolute atomic E-state index is 12.4. The number of ether oxygens (including phenoxy) is 2. The van der Waals surface area contributed by atoms with Crippen LogP contribution in [0.15, 0.2) is 54.6 Å². The molecule has 0 spiro atoms. The van der Waals surface area contributed by atoms with E-state index < -0.39 is 30.4 Å². The molecular formula is C20H27IO5S. The Balaban J connectivity index is 2.16. The van der Waals surface area contributed by atoms with Crippen LogP contribution in [0.25, 0.3) is 0 Å². The maximum atomic E-state index is 12.4. The number of rotatable bonds is 12. The third-order valence-corrected chi connectivity index (χ3v) is 11.1. The third kappa shape index (κ3) is 7.77. The van der Waals surface area contributed by atoms with Crippen molar-refractivity contribution in [3.8, 4) is 5.75 Å². The van der Waals surface area contributed by atoms with E-state index in [2.05, 4.69) is 0 Å². The van der Waals surface area contributed by atoms with Gasteiger partial charge in [-0.3, -0.25) is 0 Å². The molecule has 0 aliphatic carbocycles. The van der Waals surface area contributed by atoms with Crippen LogP contribution < -0.4 is 4.74 Å². The van der Waals surface area contributed by atoms with E-state index in [0.29, 0.717) is 26.2 Å². The van der Waals surface area contributed by atoms with E-state index >= 15 is 0 Å². The van der Waals surface area contributed by atoms with E-state index in [0.717, 1.165) is 19.3 Å². The zero-order chi connectivity index (χ0) is 19.5. The molecule has 0 amide bonds. The predicted molar refractivity (Wildman–Crippen MR) is 116 cm³/mol. The molecule has 0 saturated heterocycles. The molecule has 0 saturated carbocycles. The minimum absolute atomic E-state index is 0.0585. The second kappa shape index (κ2) is 11.6. The molecule has 0 N–H and O–H groups in total. The molecule has 0 aromatic heterocycles. The minimum atomic E-state index is -3.55. The van der Waals surface area contributed by atoms with Crippen LogP contribution in [0, 0.1) is 7.14 Å². The van der Waals surface area contributed by atoms with Gasteiger partial charge in [-0.15, -0.1) is 0 Å². The fourth-order valence-corrected chi connectivity index (χ4v) is 9.46. The van der Waals surface area contributed by atoms with E-state index in [-0.39, 0.29) is 5.75 Å². The monoisotopic (exact) mass is 506 g/mol. The fraction of sp³-hybridized carbons (Fsp3) is 0.400. The van der Waals surface area contributed by atoms with Gasteiger partial charge in [-0.05, 0) is 0 Å². The molecule has 2 aromatic carbocycles. The fourth-order valence-electron chi connectivity index (χ4n) is 2.18. The average Bonchev–Trinajstić information content (AvgIpc) is 2.69. The standard InChI is InChI=1S/C20H27IO5S/c1-3-5-17-27(22,23)26-21(18-9-7-6-8-10-18)19-11-13-20(14-12-19)25-16-15-24-4-2/h6-14H,3-5,15-17H2,1-2H3. The number of benzene rings is 2. The summed E-state index contributed by atoms with van der Waals surface area (Å²) in [5.74, 6) is 0.791. The van der Waals surface area contributed by atoms with Crippen molar-refractivity contribution in [2.24, 2.45) is 0 Å². The summed E-state index contributed by atoms with van der Waals surface area (Å²) < 4.78 is 43.3. The van der Waals surface area contributed by atoms with Crippen molar-refractivity contribution in [3.63, 3.8) is 0 Å². The van der Waals surface area contributed by atoms with Gasteiger partial charge in [-0.1, -0.05) is 0 Å². The Hall–Kier alpha value is -1.16. The van der Waals surface area contributed by atoms with Crippen LogP contribution in [-0.2, 0) is 17.4 Å². The molecule has 2 aromatic rings. The summed E-state index contributed by atoms with van der Waals surface area (Å²) >= 11 is -2.56. The second-order valence-electron chi connectivity index (χ2n) is 5.72. The van der Waals surface area contributed by atoms with Crippen molar-refractivity contribution in [2.45, 2.75) is 26.7 Å². The summed E-state index contributed by atoms with van der Waals surface area (Å²) in [4.78, 5) is 0. The first-order valence-electron chi connectivity index (χ1n) is 9.04. The molecule has 0 aliphatic rings. The Kier molecular flexibility index (Phi) is 9.53. The average molecular weight is 506 g/mol. The van der Waals surface area contributed by atoms with E-state index in [4.69, 9.17) is 12.0 Å².